The van der Waals surface area contributed by atoms with Gasteiger partial charge in [-0.1, -0.05) is 36.4 Å². The molecule has 0 aliphatic rings. The molecule has 18 heteroatoms. The number of nitrogens with two attached hydrogens (primary N) is 1. The van der Waals surface area contributed by atoms with E-state index >= 15 is 0 Å². The predicted octanol–water partition coefficient (Wildman–Crippen LogP) is -1.55. The van der Waals surface area contributed by atoms with Crippen LogP contribution >= 0.6 is 0 Å². The van der Waals surface area contributed by atoms with Gasteiger partial charge in [0.2, 0.25) is 29.5 Å². The predicted molar refractivity (Wildman–Crippen MR) is 208 cm³/mol. The van der Waals surface area contributed by atoms with Crippen molar-refractivity contribution in [3.05, 3.63) is 89.5 Å². The van der Waals surface area contributed by atoms with E-state index in [-0.39, 0.29) is 42.9 Å². The number of aliphatic hydroxyl groups excluding tert-OH is 2. The van der Waals surface area contributed by atoms with Crippen molar-refractivity contribution >= 4 is 35.5 Å². The molecule has 0 saturated carbocycles. The van der Waals surface area contributed by atoms with Crippen LogP contribution in [0.15, 0.2) is 72.8 Å². The van der Waals surface area contributed by atoms with Crippen LogP contribution in [-0.4, -0.2) is 115 Å². The molecule has 58 heavy (non-hydrogen) atoms. The van der Waals surface area contributed by atoms with Gasteiger partial charge in [-0.05, 0) is 66.9 Å². The zero-order valence-electron chi connectivity index (χ0n) is 31.7. The van der Waals surface area contributed by atoms with Gasteiger partial charge in [0.05, 0.1) is 18.2 Å². The summed E-state index contributed by atoms with van der Waals surface area (Å²) in [5.41, 5.74) is 7.05. The number of carboxylic acids is 1. The molecule has 8 atom stereocenters. The van der Waals surface area contributed by atoms with Crippen LogP contribution < -0.4 is 32.3 Å². The molecule has 18 nitrogen and oxygen atoms in total. The van der Waals surface area contributed by atoms with E-state index in [2.05, 4.69) is 32.5 Å². The van der Waals surface area contributed by atoms with Gasteiger partial charge >= 0.3 is 5.97 Å². The number of benzene rings is 3. The average Bonchev–Trinajstić information content (AvgIpc) is 3.17. The summed E-state index contributed by atoms with van der Waals surface area (Å²) in [7, 11) is 0. The Hall–Kier alpha value is -6.68. The molecule has 13 N–H and O–H groups in total. The topological polar surface area (TPSA) is 310 Å². The van der Waals surface area contributed by atoms with E-state index in [4.69, 9.17) is 12.2 Å². The highest BCUT2D eigenvalue weighted by molar-refractivity contribution is 5.97. The summed E-state index contributed by atoms with van der Waals surface area (Å²) in [6, 6.07) is 7.61. The van der Waals surface area contributed by atoms with Crippen LogP contribution in [0.4, 0.5) is 0 Å². The maximum absolute atomic E-state index is 14.1. The molecule has 3 aromatic rings. The quantitative estimate of drug-likeness (QED) is 0.0577. The van der Waals surface area contributed by atoms with Crippen LogP contribution in [0.25, 0.3) is 0 Å². The van der Waals surface area contributed by atoms with Gasteiger partial charge < -0.3 is 63.0 Å². The molecule has 0 radical (unpaired) electrons. The molecule has 0 aromatic heterocycles. The number of phenolic OH excluding ortho intramolecular Hbond substituents is 3. The second kappa shape index (κ2) is 21.6. The van der Waals surface area contributed by atoms with Gasteiger partial charge in [0.25, 0.3) is 0 Å². The SMILES string of the molecule is C#CC[C@H](N)C(=O)N[C@H](C(=O)N[C@@H](Cc1ccc(O)cc1)C(=O)N[C@@H](Cc1ccc(O)cc1)C(=O)N[C@H](C(=O)N[C@@H](Cc1ccc(O)cc1)C(=O)O)[C@@H](C)O)[C@@H](C)O. The molecule has 0 unspecified atom stereocenters. The lowest BCUT2D eigenvalue weighted by Gasteiger charge is -2.28. The molecule has 0 heterocycles. The van der Waals surface area contributed by atoms with Gasteiger partial charge in [-0.15, -0.1) is 12.3 Å². The molecule has 5 amide bonds. The highest BCUT2D eigenvalue weighted by Gasteiger charge is 2.35. The summed E-state index contributed by atoms with van der Waals surface area (Å²) in [6.07, 6.45) is 1.28. The van der Waals surface area contributed by atoms with Crippen LogP contribution in [0.1, 0.15) is 37.0 Å². The minimum Gasteiger partial charge on any atom is -0.508 e. The third-order valence-corrected chi connectivity index (χ3v) is 8.81. The molecule has 3 aromatic carbocycles. The Morgan fingerprint density at radius 3 is 1.21 bits per heavy atom. The molecular formula is C40H48N6O12. The normalized spacial score (nSPS) is 15.0. The molecule has 3 rings (SSSR count). The van der Waals surface area contributed by atoms with E-state index in [1.807, 2.05) is 0 Å². The number of hydrogen-bond donors (Lipinski definition) is 12. The number of carboxylic acid groups (broad SMARTS) is 1. The highest BCUT2D eigenvalue weighted by atomic mass is 16.4. The Balaban J connectivity index is 1.92. The summed E-state index contributed by atoms with van der Waals surface area (Å²) in [5, 5.41) is 72.0. The fraction of sp³-hybridized carbons (Fsp3) is 0.350. The Morgan fingerprint density at radius 2 is 0.862 bits per heavy atom. The van der Waals surface area contributed by atoms with Crippen molar-refractivity contribution in [3.63, 3.8) is 0 Å². The smallest absolute Gasteiger partial charge is 0.326 e. The number of aliphatic carboxylic acids is 1. The number of rotatable bonds is 20. The number of carbonyl (C=O) groups is 6. The van der Waals surface area contributed by atoms with Gasteiger partial charge in [-0.2, -0.15) is 0 Å². The van der Waals surface area contributed by atoms with E-state index in [1.165, 1.54) is 86.6 Å². The number of carbonyl (C=O) groups excluding carboxylic acids is 5. The lowest BCUT2D eigenvalue weighted by Crippen LogP contribution is -2.62. The molecule has 0 spiro atoms. The van der Waals surface area contributed by atoms with E-state index in [1.54, 1.807) is 0 Å². The fourth-order valence-corrected chi connectivity index (χ4v) is 5.56. The number of amides is 5. The molecule has 0 aliphatic carbocycles. The third kappa shape index (κ3) is 14.1. The zero-order chi connectivity index (χ0) is 43.1. The van der Waals surface area contributed by atoms with Gasteiger partial charge in [-0.3, -0.25) is 24.0 Å². The second-order valence-corrected chi connectivity index (χ2v) is 13.6. The molecular weight excluding hydrogens is 756 g/mol. The molecule has 310 valence electrons. The third-order valence-electron chi connectivity index (χ3n) is 8.81. The molecule has 0 fully saturated rings. The first-order valence-corrected chi connectivity index (χ1v) is 18.0. The summed E-state index contributed by atoms with van der Waals surface area (Å²) >= 11 is 0. The first-order valence-electron chi connectivity index (χ1n) is 18.0. The summed E-state index contributed by atoms with van der Waals surface area (Å²) in [4.78, 5) is 79.7. The van der Waals surface area contributed by atoms with E-state index in [0.717, 1.165) is 0 Å². The Bertz CT molecular complexity index is 1930. The van der Waals surface area contributed by atoms with E-state index in [9.17, 15) is 59.4 Å². The van der Waals surface area contributed by atoms with Crippen LogP contribution in [0.5, 0.6) is 17.2 Å². The standard InChI is InChI=1S/C40H48N6O12/c1-4-5-29(41)35(52)45-33(21(2)47)38(55)43-30(18-23-6-12-26(49)13-7-23)36(53)42-31(19-24-8-14-27(50)15-9-24)37(54)46-34(22(3)48)39(56)44-32(40(57)58)20-25-10-16-28(51)17-11-25/h1,6-17,21-22,29-34,47-51H,5,18-20,41H2,2-3H3,(H,42,53)(H,43,55)(H,44,56)(H,45,52)(H,46,54)(H,57,58)/t21-,22-,29+,30+,31+,32+,33+,34+/m1/s1. The summed E-state index contributed by atoms with van der Waals surface area (Å²) < 4.78 is 0. The summed E-state index contributed by atoms with van der Waals surface area (Å²) in [6.45, 7) is 2.39. The number of aliphatic hydroxyl groups is 2. The summed E-state index contributed by atoms with van der Waals surface area (Å²) in [5.74, 6) is -4.37. The number of phenols is 3. The Morgan fingerprint density at radius 1 is 0.552 bits per heavy atom. The minimum absolute atomic E-state index is 0.0609. The number of aromatic hydroxyl groups is 3. The van der Waals surface area contributed by atoms with E-state index in [0.29, 0.717) is 16.7 Å². The van der Waals surface area contributed by atoms with Crippen molar-refractivity contribution in [2.45, 2.75) is 88.0 Å². The van der Waals surface area contributed by atoms with Gasteiger partial charge in [0.15, 0.2) is 0 Å². The van der Waals surface area contributed by atoms with Crippen LogP contribution in [0.3, 0.4) is 0 Å². The maximum atomic E-state index is 14.1. The van der Waals surface area contributed by atoms with Crippen LogP contribution in [-0.2, 0) is 48.0 Å². The average molecular weight is 805 g/mol. The van der Waals surface area contributed by atoms with Gasteiger partial charge in [-0.25, -0.2) is 4.79 Å². The van der Waals surface area contributed by atoms with Crippen molar-refractivity contribution < 1.29 is 59.4 Å². The first kappa shape index (κ1) is 45.7. The zero-order valence-corrected chi connectivity index (χ0v) is 31.7. The molecule has 0 bridgehead atoms. The lowest BCUT2D eigenvalue weighted by atomic mass is 10.0. The van der Waals surface area contributed by atoms with Crippen molar-refractivity contribution in [1.82, 2.24) is 26.6 Å². The van der Waals surface area contributed by atoms with Crippen molar-refractivity contribution in [1.29, 1.82) is 0 Å². The number of nitrogens with one attached hydrogen (secondary N) is 5. The van der Waals surface area contributed by atoms with Crippen molar-refractivity contribution in [2.75, 3.05) is 0 Å². The highest BCUT2D eigenvalue weighted by Crippen LogP contribution is 2.15. The van der Waals surface area contributed by atoms with Gasteiger partial charge in [0, 0.05) is 25.7 Å². The second-order valence-electron chi connectivity index (χ2n) is 13.6. The van der Waals surface area contributed by atoms with Crippen molar-refractivity contribution in [3.8, 4) is 29.6 Å². The van der Waals surface area contributed by atoms with Crippen LogP contribution in [0.2, 0.25) is 0 Å². The molecule has 0 aliphatic heterocycles. The number of terminal acetylenes is 1. The van der Waals surface area contributed by atoms with E-state index < -0.39 is 84.0 Å². The number of hydrogen-bond acceptors (Lipinski definition) is 12. The monoisotopic (exact) mass is 804 g/mol. The fourth-order valence-electron chi connectivity index (χ4n) is 5.56. The largest absolute Gasteiger partial charge is 0.508 e. The first-order chi connectivity index (χ1) is 27.4. The van der Waals surface area contributed by atoms with Crippen molar-refractivity contribution in [2.24, 2.45) is 5.73 Å². The minimum atomic E-state index is -1.74. The Kier molecular flexibility index (Phi) is 17.0. The van der Waals surface area contributed by atoms with Crippen LogP contribution in [0, 0.1) is 12.3 Å². The Labute approximate surface area is 333 Å². The molecule has 0 saturated heterocycles. The lowest BCUT2D eigenvalue weighted by molar-refractivity contribution is -0.143. The maximum Gasteiger partial charge on any atom is 0.326 e. The van der Waals surface area contributed by atoms with Gasteiger partial charge in [0.1, 0.15) is 47.5 Å².